The van der Waals surface area contributed by atoms with Crippen LogP contribution in [0.2, 0.25) is 0 Å². The number of thioether (sulfide) groups is 1. The fraction of sp³-hybridized carbons (Fsp3) is 0.333. The fourth-order valence-corrected chi connectivity index (χ4v) is 4.69. The van der Waals surface area contributed by atoms with Crippen molar-refractivity contribution in [3.05, 3.63) is 36.1 Å². The van der Waals surface area contributed by atoms with E-state index in [2.05, 4.69) is 20.7 Å². The van der Waals surface area contributed by atoms with Gasteiger partial charge in [-0.25, -0.2) is 8.42 Å². The highest BCUT2D eigenvalue weighted by Gasteiger charge is 2.22. The Morgan fingerprint density at radius 2 is 1.97 bits per heavy atom. The highest BCUT2D eigenvalue weighted by Crippen LogP contribution is 2.26. The zero-order valence-electron chi connectivity index (χ0n) is 16.7. The SMILES string of the molecule is CCN(CC)S(=O)(=O)c1cccc(-c2nnc(SCC(=O)Nc3cc(C)on3)o2)c1. The second-order valence-electron chi connectivity index (χ2n) is 6.15. The minimum atomic E-state index is -3.60. The molecule has 3 rings (SSSR count). The molecule has 0 spiro atoms. The van der Waals surface area contributed by atoms with Crippen molar-refractivity contribution in [2.24, 2.45) is 0 Å². The van der Waals surface area contributed by atoms with Crippen molar-refractivity contribution in [2.75, 3.05) is 24.2 Å². The standard InChI is InChI=1S/C18H21N5O5S2/c1-4-23(5-2)30(25,26)14-8-6-7-13(10-14)17-20-21-18(27-17)29-11-16(24)19-15-9-12(3)28-22-15/h6-10H,4-5,11H2,1-3H3,(H,19,22,24). The lowest BCUT2D eigenvalue weighted by Gasteiger charge is -2.18. The van der Waals surface area contributed by atoms with Crippen LogP contribution in [0.5, 0.6) is 0 Å². The average molecular weight is 452 g/mol. The molecule has 0 saturated carbocycles. The first-order valence-electron chi connectivity index (χ1n) is 9.13. The summed E-state index contributed by atoms with van der Waals surface area (Å²) in [4.78, 5) is 12.1. The molecule has 0 radical (unpaired) electrons. The van der Waals surface area contributed by atoms with E-state index in [9.17, 15) is 13.2 Å². The van der Waals surface area contributed by atoms with Crippen molar-refractivity contribution in [3.8, 4) is 11.5 Å². The lowest BCUT2D eigenvalue weighted by Crippen LogP contribution is -2.30. The summed E-state index contributed by atoms with van der Waals surface area (Å²) >= 11 is 1.05. The summed E-state index contributed by atoms with van der Waals surface area (Å²) in [5.74, 6) is 0.812. The molecule has 2 aromatic heterocycles. The van der Waals surface area contributed by atoms with E-state index in [1.54, 1.807) is 39.0 Å². The molecule has 2 heterocycles. The van der Waals surface area contributed by atoms with Crippen LogP contribution >= 0.6 is 11.8 Å². The molecule has 0 saturated heterocycles. The number of nitrogens with one attached hydrogen (secondary N) is 1. The van der Waals surface area contributed by atoms with E-state index in [-0.39, 0.29) is 27.7 Å². The lowest BCUT2D eigenvalue weighted by atomic mass is 10.2. The molecule has 3 aromatic rings. The second kappa shape index (κ2) is 9.41. The normalized spacial score (nSPS) is 11.7. The number of hydrogen-bond donors (Lipinski definition) is 1. The first-order valence-corrected chi connectivity index (χ1v) is 11.6. The Labute approximate surface area is 178 Å². The van der Waals surface area contributed by atoms with E-state index in [0.717, 1.165) is 11.8 Å². The molecule has 0 aliphatic heterocycles. The Bertz CT molecular complexity index is 1120. The Balaban J connectivity index is 1.68. The zero-order valence-corrected chi connectivity index (χ0v) is 18.3. The van der Waals surface area contributed by atoms with Crippen molar-refractivity contribution in [1.29, 1.82) is 0 Å². The van der Waals surface area contributed by atoms with Crippen LogP contribution in [0.4, 0.5) is 5.82 Å². The average Bonchev–Trinajstić information content (AvgIpc) is 3.36. The number of carbonyl (C=O) groups is 1. The molecule has 0 fully saturated rings. The van der Waals surface area contributed by atoms with Gasteiger partial charge in [-0.1, -0.05) is 36.8 Å². The van der Waals surface area contributed by atoms with Gasteiger partial charge in [0.25, 0.3) is 5.22 Å². The number of aryl methyl sites for hydroxylation is 1. The second-order valence-corrected chi connectivity index (χ2v) is 9.01. The number of amides is 1. The Morgan fingerprint density at radius 1 is 1.20 bits per heavy atom. The predicted molar refractivity (Wildman–Crippen MR) is 110 cm³/mol. The third kappa shape index (κ3) is 5.07. The lowest BCUT2D eigenvalue weighted by molar-refractivity contribution is -0.113. The summed E-state index contributed by atoms with van der Waals surface area (Å²) in [5, 5.41) is 14.3. The van der Waals surface area contributed by atoms with Gasteiger partial charge in [-0.3, -0.25) is 4.79 Å². The maximum atomic E-state index is 12.7. The summed E-state index contributed by atoms with van der Waals surface area (Å²) < 4.78 is 37.3. The maximum Gasteiger partial charge on any atom is 0.277 e. The van der Waals surface area contributed by atoms with Gasteiger partial charge >= 0.3 is 0 Å². The first kappa shape index (κ1) is 22.0. The largest absolute Gasteiger partial charge is 0.411 e. The van der Waals surface area contributed by atoms with Gasteiger partial charge in [-0.15, -0.1) is 10.2 Å². The quantitative estimate of drug-likeness (QED) is 0.488. The summed E-state index contributed by atoms with van der Waals surface area (Å²) in [6, 6.07) is 7.93. The minimum absolute atomic E-state index is 0.0317. The molecule has 1 N–H and O–H groups in total. The molecule has 0 aliphatic carbocycles. The van der Waals surface area contributed by atoms with Crippen LogP contribution in [-0.4, -0.2) is 52.8 Å². The van der Waals surface area contributed by atoms with Crippen LogP contribution in [-0.2, 0) is 14.8 Å². The molecule has 0 atom stereocenters. The van der Waals surface area contributed by atoms with Crippen LogP contribution < -0.4 is 5.32 Å². The van der Waals surface area contributed by atoms with Crippen molar-refractivity contribution >= 4 is 33.5 Å². The van der Waals surface area contributed by atoms with E-state index < -0.39 is 10.0 Å². The van der Waals surface area contributed by atoms with Crippen molar-refractivity contribution < 1.29 is 22.2 Å². The van der Waals surface area contributed by atoms with Crippen LogP contribution in [0.3, 0.4) is 0 Å². The number of anilines is 1. The van der Waals surface area contributed by atoms with Gasteiger partial charge in [-0.05, 0) is 25.1 Å². The topological polar surface area (TPSA) is 131 Å². The number of hydrogen-bond acceptors (Lipinski definition) is 9. The van der Waals surface area contributed by atoms with Crippen LogP contribution in [0.15, 0.2) is 49.4 Å². The third-order valence-corrected chi connectivity index (χ3v) is 6.92. The van der Waals surface area contributed by atoms with Gasteiger partial charge in [0.2, 0.25) is 21.8 Å². The molecule has 160 valence electrons. The molecule has 0 unspecified atom stereocenters. The summed E-state index contributed by atoms with van der Waals surface area (Å²) in [7, 11) is -3.60. The number of nitrogens with zero attached hydrogens (tertiary/aromatic N) is 4. The molecular formula is C18H21N5O5S2. The maximum absolute atomic E-state index is 12.7. The number of benzene rings is 1. The molecular weight excluding hydrogens is 430 g/mol. The van der Waals surface area contributed by atoms with E-state index in [4.69, 9.17) is 8.94 Å². The Kier molecular flexibility index (Phi) is 6.90. The molecule has 0 aliphatic rings. The van der Waals surface area contributed by atoms with E-state index >= 15 is 0 Å². The summed E-state index contributed by atoms with van der Waals surface area (Å²) in [5.41, 5.74) is 0.477. The number of carbonyl (C=O) groups excluding carboxylic acids is 1. The molecule has 0 bridgehead atoms. The van der Waals surface area contributed by atoms with Gasteiger partial charge in [0.1, 0.15) is 5.76 Å². The highest BCUT2D eigenvalue weighted by molar-refractivity contribution is 7.99. The van der Waals surface area contributed by atoms with Gasteiger partial charge in [0.15, 0.2) is 5.82 Å². The predicted octanol–water partition coefficient (Wildman–Crippen LogP) is 2.79. The fourth-order valence-electron chi connectivity index (χ4n) is 2.62. The number of rotatable bonds is 9. The molecule has 1 amide bonds. The Morgan fingerprint density at radius 3 is 2.63 bits per heavy atom. The smallest absolute Gasteiger partial charge is 0.277 e. The summed E-state index contributed by atoms with van der Waals surface area (Å²) in [6.45, 7) is 6.04. The minimum Gasteiger partial charge on any atom is -0.411 e. The van der Waals surface area contributed by atoms with E-state index in [1.807, 2.05) is 0 Å². The van der Waals surface area contributed by atoms with Gasteiger partial charge in [0.05, 0.1) is 10.6 Å². The number of aromatic nitrogens is 3. The monoisotopic (exact) mass is 451 g/mol. The van der Waals surface area contributed by atoms with Gasteiger partial charge < -0.3 is 14.3 Å². The Hall–Kier alpha value is -2.70. The summed E-state index contributed by atoms with van der Waals surface area (Å²) in [6.07, 6.45) is 0. The van der Waals surface area contributed by atoms with E-state index in [0.29, 0.717) is 30.2 Å². The van der Waals surface area contributed by atoms with E-state index in [1.165, 1.54) is 16.4 Å². The van der Waals surface area contributed by atoms with Crippen LogP contribution in [0, 0.1) is 6.92 Å². The highest BCUT2D eigenvalue weighted by atomic mass is 32.2. The zero-order chi connectivity index (χ0) is 21.7. The van der Waals surface area contributed by atoms with Crippen LogP contribution in [0.25, 0.3) is 11.5 Å². The third-order valence-electron chi connectivity index (χ3n) is 4.05. The van der Waals surface area contributed by atoms with Gasteiger partial charge in [0, 0.05) is 24.7 Å². The van der Waals surface area contributed by atoms with Crippen molar-refractivity contribution in [1.82, 2.24) is 19.7 Å². The molecule has 1 aromatic carbocycles. The molecule has 12 heteroatoms. The van der Waals surface area contributed by atoms with Crippen molar-refractivity contribution in [2.45, 2.75) is 30.9 Å². The van der Waals surface area contributed by atoms with Crippen molar-refractivity contribution in [3.63, 3.8) is 0 Å². The van der Waals surface area contributed by atoms with Crippen LogP contribution in [0.1, 0.15) is 19.6 Å². The molecule has 30 heavy (non-hydrogen) atoms. The first-order chi connectivity index (χ1) is 14.3. The van der Waals surface area contributed by atoms with Gasteiger partial charge in [-0.2, -0.15) is 4.31 Å². The number of sulfonamides is 1. The molecule has 10 nitrogen and oxygen atoms in total.